The molecule has 2 N–H and O–H groups in total. The average Bonchev–Trinajstić information content (AvgIpc) is 2.56. The van der Waals surface area contributed by atoms with E-state index in [-0.39, 0.29) is 11.9 Å². The van der Waals surface area contributed by atoms with Crippen LogP contribution in [-0.4, -0.2) is 49.7 Å². The number of ether oxygens (including phenoxy) is 1. The van der Waals surface area contributed by atoms with Gasteiger partial charge in [-0.05, 0) is 30.7 Å². The molecule has 1 heterocycles. The topological polar surface area (TPSA) is 70.7 Å². The second-order valence-corrected chi connectivity index (χ2v) is 5.22. The average molecular weight is 305 g/mol. The van der Waals surface area contributed by atoms with Gasteiger partial charge in [-0.2, -0.15) is 0 Å². The van der Waals surface area contributed by atoms with Crippen molar-refractivity contribution in [3.05, 3.63) is 29.8 Å². The van der Waals surface area contributed by atoms with Gasteiger partial charge in [0, 0.05) is 30.9 Å². The molecule has 22 heavy (non-hydrogen) atoms. The number of morpholine rings is 1. The molecule has 1 saturated heterocycles. The zero-order chi connectivity index (χ0) is 15.8. The fourth-order valence-corrected chi connectivity index (χ4v) is 2.20. The number of rotatable bonds is 5. The van der Waals surface area contributed by atoms with Crippen molar-refractivity contribution in [2.24, 2.45) is 0 Å². The molecule has 0 aromatic heterocycles. The number of anilines is 1. The molecule has 0 radical (unpaired) electrons. The van der Waals surface area contributed by atoms with E-state index < -0.39 is 0 Å². The van der Waals surface area contributed by atoms with Crippen LogP contribution >= 0.6 is 0 Å². The molecule has 0 aliphatic carbocycles. The number of benzene rings is 1. The molecule has 1 fully saturated rings. The summed E-state index contributed by atoms with van der Waals surface area (Å²) >= 11 is 0. The van der Waals surface area contributed by atoms with Crippen molar-refractivity contribution in [3.63, 3.8) is 0 Å². The molecule has 0 atom stereocenters. The van der Waals surface area contributed by atoms with E-state index in [4.69, 9.17) is 4.74 Å². The van der Waals surface area contributed by atoms with E-state index in [1.54, 1.807) is 29.2 Å². The molecule has 0 bridgehead atoms. The molecule has 1 aromatic rings. The molecule has 0 saturated carbocycles. The van der Waals surface area contributed by atoms with Crippen molar-refractivity contribution >= 4 is 17.6 Å². The predicted molar refractivity (Wildman–Crippen MR) is 85.1 cm³/mol. The monoisotopic (exact) mass is 305 g/mol. The minimum Gasteiger partial charge on any atom is -0.378 e. The van der Waals surface area contributed by atoms with E-state index in [2.05, 4.69) is 17.6 Å². The second-order valence-electron chi connectivity index (χ2n) is 5.22. The minimum absolute atomic E-state index is 0.00208. The van der Waals surface area contributed by atoms with Crippen molar-refractivity contribution in [2.45, 2.75) is 19.8 Å². The van der Waals surface area contributed by atoms with Crippen LogP contribution in [0, 0.1) is 0 Å². The van der Waals surface area contributed by atoms with Crippen LogP contribution in [-0.2, 0) is 4.74 Å². The highest BCUT2D eigenvalue weighted by Crippen LogP contribution is 2.12. The summed E-state index contributed by atoms with van der Waals surface area (Å²) in [7, 11) is 0. The Kier molecular flexibility index (Phi) is 6.21. The molecule has 1 aliphatic heterocycles. The van der Waals surface area contributed by atoms with E-state index in [9.17, 15) is 9.59 Å². The summed E-state index contributed by atoms with van der Waals surface area (Å²) in [6, 6.07) is 6.74. The lowest BCUT2D eigenvalue weighted by Crippen LogP contribution is -2.40. The van der Waals surface area contributed by atoms with Gasteiger partial charge in [-0.15, -0.1) is 0 Å². The number of hydrogen-bond donors (Lipinski definition) is 2. The van der Waals surface area contributed by atoms with Gasteiger partial charge in [0.05, 0.1) is 13.2 Å². The summed E-state index contributed by atoms with van der Waals surface area (Å²) in [5.41, 5.74) is 1.30. The van der Waals surface area contributed by atoms with Gasteiger partial charge in [-0.1, -0.05) is 13.3 Å². The van der Waals surface area contributed by atoms with Gasteiger partial charge < -0.3 is 20.3 Å². The Bertz CT molecular complexity index is 496. The molecule has 2 rings (SSSR count). The SMILES string of the molecule is CCCCNC(=O)Nc1ccc(C(=O)N2CCOCC2)cc1. The lowest BCUT2D eigenvalue weighted by Gasteiger charge is -2.26. The Labute approximate surface area is 130 Å². The number of unbranched alkanes of at least 4 members (excludes halogenated alkanes) is 1. The standard InChI is InChI=1S/C16H23N3O3/c1-2-3-8-17-16(21)18-14-6-4-13(5-7-14)15(20)19-9-11-22-12-10-19/h4-7H,2-3,8-12H2,1H3,(H2,17,18,21). The van der Waals surface area contributed by atoms with E-state index in [1.807, 2.05) is 0 Å². The first-order chi connectivity index (χ1) is 10.7. The van der Waals surface area contributed by atoms with Gasteiger partial charge in [-0.3, -0.25) is 4.79 Å². The highest BCUT2D eigenvalue weighted by atomic mass is 16.5. The Balaban J connectivity index is 1.86. The first-order valence-electron chi connectivity index (χ1n) is 7.72. The Hall–Kier alpha value is -2.08. The van der Waals surface area contributed by atoms with Crippen molar-refractivity contribution in [3.8, 4) is 0 Å². The number of carbonyl (C=O) groups is 2. The fourth-order valence-electron chi connectivity index (χ4n) is 2.20. The van der Waals surface area contributed by atoms with Crippen LogP contribution in [0.5, 0.6) is 0 Å². The maximum Gasteiger partial charge on any atom is 0.319 e. The largest absolute Gasteiger partial charge is 0.378 e. The first kappa shape index (κ1) is 16.3. The maximum atomic E-state index is 12.3. The molecule has 1 aromatic carbocycles. The van der Waals surface area contributed by atoms with E-state index >= 15 is 0 Å². The quantitative estimate of drug-likeness (QED) is 0.818. The summed E-state index contributed by atoms with van der Waals surface area (Å²) in [5, 5.41) is 5.53. The highest BCUT2D eigenvalue weighted by Gasteiger charge is 2.18. The molecule has 6 nitrogen and oxygen atoms in total. The highest BCUT2D eigenvalue weighted by molar-refractivity contribution is 5.95. The number of carbonyl (C=O) groups excluding carboxylic acids is 2. The summed E-state index contributed by atoms with van der Waals surface area (Å²) in [4.78, 5) is 25.7. The molecule has 3 amide bonds. The zero-order valence-corrected chi connectivity index (χ0v) is 12.9. The summed E-state index contributed by atoms with van der Waals surface area (Å²) in [6.07, 6.45) is 2.00. The normalized spacial score (nSPS) is 14.5. The third-order valence-corrected chi connectivity index (χ3v) is 3.50. The Morgan fingerprint density at radius 3 is 2.50 bits per heavy atom. The predicted octanol–water partition coefficient (Wildman–Crippen LogP) is 2.08. The van der Waals surface area contributed by atoms with Crippen molar-refractivity contribution in [1.82, 2.24) is 10.2 Å². The van der Waals surface area contributed by atoms with Crippen molar-refractivity contribution in [1.29, 1.82) is 0 Å². The maximum absolute atomic E-state index is 12.3. The number of nitrogens with one attached hydrogen (secondary N) is 2. The van der Waals surface area contributed by atoms with E-state index in [1.165, 1.54) is 0 Å². The van der Waals surface area contributed by atoms with Gasteiger partial charge in [0.1, 0.15) is 0 Å². The Morgan fingerprint density at radius 1 is 1.18 bits per heavy atom. The van der Waals surface area contributed by atoms with Gasteiger partial charge >= 0.3 is 6.03 Å². The van der Waals surface area contributed by atoms with Crippen LogP contribution in [0.4, 0.5) is 10.5 Å². The van der Waals surface area contributed by atoms with Crippen LogP contribution < -0.4 is 10.6 Å². The minimum atomic E-state index is -0.222. The van der Waals surface area contributed by atoms with Crippen molar-refractivity contribution in [2.75, 3.05) is 38.2 Å². The lowest BCUT2D eigenvalue weighted by atomic mass is 10.1. The zero-order valence-electron chi connectivity index (χ0n) is 12.9. The number of nitrogens with zero attached hydrogens (tertiary/aromatic N) is 1. The number of urea groups is 1. The second kappa shape index (κ2) is 8.38. The van der Waals surface area contributed by atoms with E-state index in [0.717, 1.165) is 12.8 Å². The number of hydrogen-bond acceptors (Lipinski definition) is 3. The van der Waals surface area contributed by atoms with Crippen LogP contribution in [0.1, 0.15) is 30.1 Å². The smallest absolute Gasteiger partial charge is 0.319 e. The molecule has 0 spiro atoms. The molecule has 1 aliphatic rings. The van der Waals surface area contributed by atoms with Crippen molar-refractivity contribution < 1.29 is 14.3 Å². The molecule has 0 unspecified atom stereocenters. The van der Waals surface area contributed by atoms with Crippen LogP contribution in [0.3, 0.4) is 0 Å². The fraction of sp³-hybridized carbons (Fsp3) is 0.500. The molecule has 6 heteroatoms. The van der Waals surface area contributed by atoms with Crippen LogP contribution in [0.25, 0.3) is 0 Å². The van der Waals surface area contributed by atoms with Crippen LogP contribution in [0.2, 0.25) is 0 Å². The first-order valence-corrected chi connectivity index (χ1v) is 7.72. The summed E-state index contributed by atoms with van der Waals surface area (Å²) in [6.45, 7) is 5.16. The molecular formula is C16H23N3O3. The number of amides is 3. The summed E-state index contributed by atoms with van der Waals surface area (Å²) < 4.78 is 5.24. The lowest BCUT2D eigenvalue weighted by molar-refractivity contribution is 0.0303. The van der Waals surface area contributed by atoms with Crippen LogP contribution in [0.15, 0.2) is 24.3 Å². The third-order valence-electron chi connectivity index (χ3n) is 3.50. The van der Waals surface area contributed by atoms with Gasteiger partial charge in [0.15, 0.2) is 0 Å². The molecule has 120 valence electrons. The van der Waals surface area contributed by atoms with Gasteiger partial charge in [0.25, 0.3) is 5.91 Å². The molecular weight excluding hydrogens is 282 g/mol. The van der Waals surface area contributed by atoms with Gasteiger partial charge in [-0.25, -0.2) is 4.79 Å². The van der Waals surface area contributed by atoms with Gasteiger partial charge in [0.2, 0.25) is 0 Å². The third kappa shape index (κ3) is 4.73. The van der Waals surface area contributed by atoms with E-state index in [0.29, 0.717) is 44.1 Å². The Morgan fingerprint density at radius 2 is 1.86 bits per heavy atom. The summed E-state index contributed by atoms with van der Waals surface area (Å²) in [5.74, 6) is 0.00208.